The van der Waals surface area contributed by atoms with Crippen LogP contribution in [0.2, 0.25) is 5.02 Å². The van der Waals surface area contributed by atoms with Crippen LogP contribution in [0.5, 0.6) is 5.75 Å². The fourth-order valence-electron chi connectivity index (χ4n) is 5.28. The minimum atomic E-state index is -0.333. The molecule has 2 amide bonds. The Labute approximate surface area is 207 Å². The summed E-state index contributed by atoms with van der Waals surface area (Å²) in [7, 11) is 1.63. The zero-order valence-corrected chi connectivity index (χ0v) is 19.9. The maximum atomic E-state index is 13.1. The highest BCUT2D eigenvalue weighted by Gasteiger charge is 2.50. The molecule has 4 atom stereocenters. The Hall–Kier alpha value is -3.65. The van der Waals surface area contributed by atoms with E-state index in [1.54, 1.807) is 11.8 Å². The van der Waals surface area contributed by atoms with E-state index in [0.29, 0.717) is 30.2 Å². The number of benzene rings is 2. The van der Waals surface area contributed by atoms with Crippen molar-refractivity contribution in [2.45, 2.75) is 31.3 Å². The summed E-state index contributed by atoms with van der Waals surface area (Å²) in [6, 6.07) is 15.3. The van der Waals surface area contributed by atoms with E-state index in [-0.39, 0.29) is 41.7 Å². The van der Waals surface area contributed by atoms with Crippen molar-refractivity contribution in [3.8, 4) is 5.75 Å². The number of allylic oxidation sites excluding steroid dienone is 2. The fraction of sp³-hybridized carbons (Fsp3) is 0.308. The van der Waals surface area contributed by atoms with Gasteiger partial charge in [-0.2, -0.15) is 4.98 Å². The summed E-state index contributed by atoms with van der Waals surface area (Å²) < 4.78 is 7.10. The fourth-order valence-corrected chi connectivity index (χ4v) is 5.40. The Bertz CT molecular complexity index is 1290. The minimum absolute atomic E-state index is 0.0549. The standard InChI is InChI=1S/C26H24ClN5O3/c1-35-18-12-8-16(9-13-18)22-14-21(15-6-10-17(27)11-7-15)28-25-29-26(30-32(22)25)31-23(33)19-4-2-3-5-20(19)24(31)34/h2-3,6-13,19-22H,4-5,14H2,1H3,(H,28,29,30)/t19-,20+,21-,22-/m0/s1. The molecule has 0 radical (unpaired) electrons. The largest absolute Gasteiger partial charge is 0.497 e. The normalized spacial score (nSPS) is 25.3. The summed E-state index contributed by atoms with van der Waals surface area (Å²) in [6.07, 6.45) is 5.79. The van der Waals surface area contributed by atoms with Gasteiger partial charge in [0.25, 0.3) is 5.95 Å². The van der Waals surface area contributed by atoms with Gasteiger partial charge in [0.15, 0.2) is 0 Å². The molecular formula is C26H24ClN5O3. The second kappa shape index (κ2) is 8.53. The average Bonchev–Trinajstić information content (AvgIpc) is 3.42. The second-order valence-corrected chi connectivity index (χ2v) is 9.56. The van der Waals surface area contributed by atoms with Gasteiger partial charge in [0.1, 0.15) is 5.75 Å². The third kappa shape index (κ3) is 3.69. The molecule has 9 heteroatoms. The van der Waals surface area contributed by atoms with E-state index in [4.69, 9.17) is 16.3 Å². The highest BCUT2D eigenvalue weighted by molar-refractivity contribution is 6.30. The number of nitrogens with zero attached hydrogens (tertiary/aromatic N) is 4. The van der Waals surface area contributed by atoms with E-state index < -0.39 is 0 Å². The van der Waals surface area contributed by atoms with Crippen molar-refractivity contribution in [3.63, 3.8) is 0 Å². The van der Waals surface area contributed by atoms with Gasteiger partial charge >= 0.3 is 0 Å². The van der Waals surface area contributed by atoms with Crippen molar-refractivity contribution < 1.29 is 14.3 Å². The highest BCUT2D eigenvalue weighted by Crippen LogP contribution is 2.41. The van der Waals surface area contributed by atoms with Gasteiger partial charge in [-0.05, 0) is 54.7 Å². The lowest BCUT2D eigenvalue weighted by Crippen LogP contribution is -2.32. The maximum Gasteiger partial charge on any atom is 0.260 e. The van der Waals surface area contributed by atoms with Gasteiger partial charge in [0, 0.05) is 5.02 Å². The number of imide groups is 1. The molecule has 0 bridgehead atoms. The van der Waals surface area contributed by atoms with Crippen molar-refractivity contribution in [1.82, 2.24) is 14.8 Å². The molecule has 6 rings (SSSR count). The second-order valence-electron chi connectivity index (χ2n) is 9.12. The molecule has 1 aromatic heterocycles. The lowest BCUT2D eigenvalue weighted by Gasteiger charge is -2.31. The monoisotopic (exact) mass is 489 g/mol. The first-order valence-electron chi connectivity index (χ1n) is 11.7. The molecule has 0 spiro atoms. The molecule has 2 aromatic carbocycles. The Morgan fingerprint density at radius 3 is 2.20 bits per heavy atom. The number of carbonyl (C=O) groups is 2. The smallest absolute Gasteiger partial charge is 0.260 e. The van der Waals surface area contributed by atoms with E-state index in [9.17, 15) is 9.59 Å². The van der Waals surface area contributed by atoms with E-state index in [1.165, 1.54) is 4.90 Å². The van der Waals surface area contributed by atoms with Crippen LogP contribution >= 0.6 is 11.6 Å². The molecule has 2 aliphatic heterocycles. The van der Waals surface area contributed by atoms with Crippen LogP contribution in [-0.2, 0) is 9.59 Å². The molecule has 8 nitrogen and oxygen atoms in total. The Kier molecular flexibility index (Phi) is 5.33. The van der Waals surface area contributed by atoms with E-state index in [1.807, 2.05) is 60.7 Å². The van der Waals surface area contributed by atoms with E-state index in [2.05, 4.69) is 15.4 Å². The van der Waals surface area contributed by atoms with Gasteiger partial charge < -0.3 is 10.1 Å². The van der Waals surface area contributed by atoms with Gasteiger partial charge in [0.05, 0.1) is 31.0 Å². The van der Waals surface area contributed by atoms with E-state index in [0.717, 1.165) is 16.9 Å². The van der Waals surface area contributed by atoms with Crippen LogP contribution in [0.3, 0.4) is 0 Å². The summed E-state index contributed by atoms with van der Waals surface area (Å²) in [5.74, 6) is 0.305. The van der Waals surface area contributed by atoms with Crippen LogP contribution in [0.15, 0.2) is 60.7 Å². The van der Waals surface area contributed by atoms with Crippen molar-refractivity contribution in [1.29, 1.82) is 0 Å². The number of ether oxygens (including phenoxy) is 1. The number of hydrogen-bond donors (Lipinski definition) is 1. The summed E-state index contributed by atoms with van der Waals surface area (Å²) in [4.78, 5) is 32.1. The minimum Gasteiger partial charge on any atom is -0.497 e. The predicted molar refractivity (Wildman–Crippen MR) is 131 cm³/mol. The molecule has 1 N–H and O–H groups in total. The molecule has 0 saturated carbocycles. The molecule has 35 heavy (non-hydrogen) atoms. The topological polar surface area (TPSA) is 89.3 Å². The number of anilines is 2. The lowest BCUT2D eigenvalue weighted by atomic mass is 9.85. The maximum absolute atomic E-state index is 13.1. The summed E-state index contributed by atoms with van der Waals surface area (Å²) in [5.41, 5.74) is 2.09. The van der Waals surface area contributed by atoms with Gasteiger partial charge in [-0.25, -0.2) is 9.58 Å². The highest BCUT2D eigenvalue weighted by atomic mass is 35.5. The number of hydrogen-bond acceptors (Lipinski definition) is 6. The average molecular weight is 490 g/mol. The summed E-state index contributed by atoms with van der Waals surface area (Å²) >= 11 is 6.11. The van der Waals surface area contributed by atoms with Crippen molar-refractivity contribution in [2.24, 2.45) is 11.8 Å². The van der Waals surface area contributed by atoms with E-state index >= 15 is 0 Å². The molecule has 0 unspecified atom stereocenters. The molecule has 3 aromatic rings. The molecule has 178 valence electrons. The number of methoxy groups -OCH3 is 1. The Balaban J connectivity index is 1.39. The van der Waals surface area contributed by atoms with Crippen molar-refractivity contribution in [2.75, 3.05) is 17.3 Å². The third-order valence-electron chi connectivity index (χ3n) is 7.16. The summed E-state index contributed by atoms with van der Waals surface area (Å²) in [6.45, 7) is 0. The van der Waals surface area contributed by atoms with Gasteiger partial charge in [-0.3, -0.25) is 9.59 Å². The van der Waals surface area contributed by atoms with Gasteiger partial charge in [-0.1, -0.05) is 48.0 Å². The van der Waals surface area contributed by atoms with Gasteiger partial charge in [0.2, 0.25) is 17.8 Å². The number of nitrogens with one attached hydrogen (secondary N) is 1. The van der Waals surface area contributed by atoms with Crippen LogP contribution in [-0.4, -0.2) is 33.7 Å². The summed E-state index contributed by atoms with van der Waals surface area (Å²) in [5, 5.41) is 8.81. The SMILES string of the molecule is COc1ccc([C@@H]2C[C@@H](c3ccc(Cl)cc3)Nc3nc(N4C(=O)[C@H]5CC=CC[C@H]5C4=O)nn32)cc1. The number of aromatic nitrogens is 3. The number of amides is 2. The number of halogens is 1. The van der Waals surface area contributed by atoms with Crippen molar-refractivity contribution >= 4 is 35.3 Å². The third-order valence-corrected chi connectivity index (χ3v) is 7.41. The van der Waals surface area contributed by atoms with Crippen LogP contribution in [0.25, 0.3) is 0 Å². The molecule has 1 saturated heterocycles. The first-order chi connectivity index (χ1) is 17.0. The van der Waals surface area contributed by atoms with Crippen LogP contribution in [0.4, 0.5) is 11.9 Å². The molecule has 1 aliphatic carbocycles. The van der Waals surface area contributed by atoms with Crippen LogP contribution in [0.1, 0.15) is 42.5 Å². The number of rotatable bonds is 4. The molecule has 1 fully saturated rings. The van der Waals surface area contributed by atoms with Crippen molar-refractivity contribution in [3.05, 3.63) is 76.8 Å². The zero-order valence-electron chi connectivity index (χ0n) is 19.1. The Morgan fingerprint density at radius 1 is 0.943 bits per heavy atom. The zero-order chi connectivity index (χ0) is 24.1. The predicted octanol–water partition coefficient (Wildman–Crippen LogP) is 4.54. The number of fused-ring (bicyclic) bond motifs is 2. The quantitative estimate of drug-likeness (QED) is 0.427. The van der Waals surface area contributed by atoms with Gasteiger partial charge in [-0.15, -0.1) is 5.10 Å². The first kappa shape index (κ1) is 21.9. The van der Waals surface area contributed by atoms with Crippen LogP contribution < -0.4 is 15.0 Å². The Morgan fingerprint density at radius 2 is 1.57 bits per heavy atom. The molecule has 3 heterocycles. The molecule has 3 aliphatic rings. The number of carbonyl (C=O) groups excluding carboxylic acids is 2. The first-order valence-corrected chi connectivity index (χ1v) is 12.1. The van der Waals surface area contributed by atoms with Crippen LogP contribution in [0, 0.1) is 11.8 Å². The lowest BCUT2D eigenvalue weighted by molar-refractivity contribution is -0.122. The molecular weight excluding hydrogens is 466 g/mol.